The first kappa shape index (κ1) is 16.0. The fourth-order valence-electron chi connectivity index (χ4n) is 4.29. The Kier molecular flexibility index (Phi) is 3.67. The molecule has 1 aromatic heterocycles. The summed E-state index contributed by atoms with van der Waals surface area (Å²) in [7, 11) is 0. The summed E-state index contributed by atoms with van der Waals surface area (Å²) in [5.41, 5.74) is 4.01. The number of amides is 1. The zero-order valence-corrected chi connectivity index (χ0v) is 14.7. The van der Waals surface area contributed by atoms with E-state index in [0.29, 0.717) is 22.6 Å². The van der Waals surface area contributed by atoms with Gasteiger partial charge in [-0.05, 0) is 36.8 Å². The molecule has 2 aromatic carbocycles. The first-order valence-electron chi connectivity index (χ1n) is 9.27. The van der Waals surface area contributed by atoms with E-state index < -0.39 is 0 Å². The van der Waals surface area contributed by atoms with Crippen LogP contribution in [0.4, 0.5) is 0 Å². The van der Waals surface area contributed by atoms with Crippen LogP contribution in [0.5, 0.6) is 0 Å². The first-order valence-corrected chi connectivity index (χ1v) is 9.27. The third-order valence-corrected chi connectivity index (χ3v) is 5.65. The minimum absolute atomic E-state index is 0.0815. The van der Waals surface area contributed by atoms with Crippen molar-refractivity contribution in [3.8, 4) is 11.4 Å². The molecule has 1 N–H and O–H groups in total. The average Bonchev–Trinajstić information content (AvgIpc) is 3.34. The summed E-state index contributed by atoms with van der Waals surface area (Å²) in [6, 6.07) is 16.7. The number of carbonyl (C=O) groups is 1. The molecule has 27 heavy (non-hydrogen) atoms. The zero-order valence-electron chi connectivity index (χ0n) is 14.7. The number of allylic oxidation sites excluding steroid dienone is 2. The van der Waals surface area contributed by atoms with Gasteiger partial charge in [-0.3, -0.25) is 15.0 Å². The molecule has 1 saturated carbocycles. The Hall–Kier alpha value is -3.21. The van der Waals surface area contributed by atoms with Crippen molar-refractivity contribution < 1.29 is 4.79 Å². The number of nitrogens with one attached hydrogen (secondary N) is 1. The standard InChI is InChI=1S/C22H19N3O2/c26-21(18-13-14-10-11-16(18)12-14)24-25-20(15-6-2-1-3-7-15)23-19-9-5-4-8-17(19)22(25)27/h1-11,14,16,18H,12-13H2,(H,24,26). The van der Waals surface area contributed by atoms with E-state index in [4.69, 9.17) is 0 Å². The number of aromatic nitrogens is 2. The molecular formula is C22H19N3O2. The van der Waals surface area contributed by atoms with Gasteiger partial charge in [0.05, 0.1) is 10.9 Å². The Labute approximate surface area is 156 Å². The topological polar surface area (TPSA) is 64.0 Å². The van der Waals surface area contributed by atoms with Crippen LogP contribution in [0.2, 0.25) is 0 Å². The summed E-state index contributed by atoms with van der Waals surface area (Å²) < 4.78 is 1.32. The summed E-state index contributed by atoms with van der Waals surface area (Å²) in [5.74, 6) is 1.03. The van der Waals surface area contributed by atoms with Gasteiger partial charge < -0.3 is 0 Å². The van der Waals surface area contributed by atoms with Crippen molar-refractivity contribution >= 4 is 16.8 Å². The van der Waals surface area contributed by atoms with Gasteiger partial charge in [0.15, 0.2) is 5.82 Å². The smallest absolute Gasteiger partial charge is 0.273 e. The molecule has 3 atom stereocenters. The molecule has 2 aliphatic carbocycles. The van der Waals surface area contributed by atoms with E-state index in [1.165, 1.54) is 4.68 Å². The summed E-state index contributed by atoms with van der Waals surface area (Å²) >= 11 is 0. The normalized spacial score (nSPS) is 23.0. The quantitative estimate of drug-likeness (QED) is 0.731. The second-order valence-corrected chi connectivity index (χ2v) is 7.32. The number of para-hydroxylation sites is 1. The highest BCUT2D eigenvalue weighted by Gasteiger charge is 2.40. The summed E-state index contributed by atoms with van der Waals surface area (Å²) in [5, 5.41) is 0.491. The number of carbonyl (C=O) groups excluding carboxylic acids is 1. The maximum absolute atomic E-state index is 13.1. The van der Waals surface area contributed by atoms with Gasteiger partial charge in [-0.25, -0.2) is 4.98 Å². The van der Waals surface area contributed by atoms with Crippen LogP contribution in [0.3, 0.4) is 0 Å². The van der Waals surface area contributed by atoms with Gasteiger partial charge in [-0.1, -0.05) is 54.6 Å². The van der Waals surface area contributed by atoms with Crippen molar-refractivity contribution in [2.24, 2.45) is 17.8 Å². The molecule has 0 spiro atoms. The highest BCUT2D eigenvalue weighted by Crippen LogP contribution is 2.43. The fourth-order valence-corrected chi connectivity index (χ4v) is 4.29. The minimum atomic E-state index is -0.258. The Bertz CT molecular complexity index is 1120. The largest absolute Gasteiger partial charge is 0.280 e. The monoisotopic (exact) mass is 357 g/mol. The molecule has 134 valence electrons. The van der Waals surface area contributed by atoms with Gasteiger partial charge >= 0.3 is 0 Å². The molecule has 5 rings (SSSR count). The molecule has 3 aromatic rings. The molecule has 1 amide bonds. The van der Waals surface area contributed by atoms with Crippen LogP contribution in [-0.2, 0) is 4.79 Å². The summed E-state index contributed by atoms with van der Waals surface area (Å²) in [4.78, 5) is 30.7. The highest BCUT2D eigenvalue weighted by atomic mass is 16.2. The lowest BCUT2D eigenvalue weighted by Crippen LogP contribution is -2.39. The van der Waals surface area contributed by atoms with Crippen LogP contribution in [0.1, 0.15) is 12.8 Å². The zero-order chi connectivity index (χ0) is 18.4. The Morgan fingerprint density at radius 3 is 2.52 bits per heavy atom. The number of nitrogens with zero attached hydrogens (tertiary/aromatic N) is 2. The van der Waals surface area contributed by atoms with Crippen LogP contribution in [-0.4, -0.2) is 15.6 Å². The molecule has 1 fully saturated rings. The lowest BCUT2D eigenvalue weighted by atomic mass is 9.93. The van der Waals surface area contributed by atoms with Gasteiger partial charge in [0.2, 0.25) is 5.91 Å². The SMILES string of the molecule is O=C(Nn1c(-c2ccccc2)nc2ccccc2c1=O)C1CC2C=CC1C2. The maximum Gasteiger partial charge on any atom is 0.280 e. The minimum Gasteiger partial charge on any atom is -0.273 e. The molecule has 2 aliphatic rings. The number of hydrogen-bond donors (Lipinski definition) is 1. The molecule has 0 saturated heterocycles. The lowest BCUT2D eigenvalue weighted by Gasteiger charge is -2.20. The van der Waals surface area contributed by atoms with E-state index in [9.17, 15) is 9.59 Å². The van der Waals surface area contributed by atoms with Crippen LogP contribution < -0.4 is 11.0 Å². The van der Waals surface area contributed by atoms with Gasteiger partial charge in [-0.2, -0.15) is 4.68 Å². The van der Waals surface area contributed by atoms with Gasteiger partial charge in [0, 0.05) is 11.5 Å². The van der Waals surface area contributed by atoms with E-state index >= 15 is 0 Å². The van der Waals surface area contributed by atoms with Crippen molar-refractivity contribution in [3.63, 3.8) is 0 Å². The third kappa shape index (κ3) is 2.67. The fraction of sp³-hybridized carbons (Fsp3) is 0.227. The van der Waals surface area contributed by atoms with Crippen LogP contribution >= 0.6 is 0 Å². The molecule has 3 unspecified atom stereocenters. The maximum atomic E-state index is 13.1. The first-order chi connectivity index (χ1) is 13.2. The second kappa shape index (κ2) is 6.20. The van der Waals surface area contributed by atoms with Crippen LogP contribution in [0, 0.1) is 17.8 Å². The number of benzene rings is 2. The molecule has 0 aliphatic heterocycles. The van der Waals surface area contributed by atoms with E-state index in [-0.39, 0.29) is 23.3 Å². The van der Waals surface area contributed by atoms with Crippen molar-refractivity contribution in [1.82, 2.24) is 9.66 Å². The molecular weight excluding hydrogens is 338 g/mol. The number of fused-ring (bicyclic) bond motifs is 3. The predicted octanol–water partition coefficient (Wildman–Crippen LogP) is 3.35. The Morgan fingerprint density at radius 2 is 1.78 bits per heavy atom. The van der Waals surface area contributed by atoms with Crippen molar-refractivity contribution in [3.05, 3.63) is 77.1 Å². The van der Waals surface area contributed by atoms with Gasteiger partial charge in [-0.15, -0.1) is 0 Å². The molecule has 1 heterocycles. The predicted molar refractivity (Wildman–Crippen MR) is 105 cm³/mol. The van der Waals surface area contributed by atoms with E-state index in [1.54, 1.807) is 12.1 Å². The van der Waals surface area contributed by atoms with Crippen molar-refractivity contribution in [2.45, 2.75) is 12.8 Å². The van der Waals surface area contributed by atoms with E-state index in [0.717, 1.165) is 18.4 Å². The average molecular weight is 357 g/mol. The van der Waals surface area contributed by atoms with Crippen LogP contribution in [0.25, 0.3) is 22.3 Å². The van der Waals surface area contributed by atoms with Gasteiger partial charge in [0.1, 0.15) is 0 Å². The third-order valence-electron chi connectivity index (χ3n) is 5.65. The van der Waals surface area contributed by atoms with Crippen molar-refractivity contribution in [1.29, 1.82) is 0 Å². The van der Waals surface area contributed by atoms with E-state index in [1.807, 2.05) is 42.5 Å². The molecule has 5 nitrogen and oxygen atoms in total. The van der Waals surface area contributed by atoms with Crippen LogP contribution in [0.15, 0.2) is 71.5 Å². The molecule has 0 radical (unpaired) electrons. The molecule has 5 heteroatoms. The Morgan fingerprint density at radius 1 is 1.00 bits per heavy atom. The highest BCUT2D eigenvalue weighted by molar-refractivity contribution is 5.88. The van der Waals surface area contributed by atoms with Crippen molar-refractivity contribution in [2.75, 3.05) is 5.43 Å². The number of rotatable bonds is 3. The molecule has 2 bridgehead atoms. The second-order valence-electron chi connectivity index (χ2n) is 7.32. The lowest BCUT2D eigenvalue weighted by molar-refractivity contribution is -0.121. The van der Waals surface area contributed by atoms with E-state index in [2.05, 4.69) is 22.6 Å². The van der Waals surface area contributed by atoms with Gasteiger partial charge in [0.25, 0.3) is 5.56 Å². The summed E-state index contributed by atoms with van der Waals surface area (Å²) in [6.45, 7) is 0. The summed E-state index contributed by atoms with van der Waals surface area (Å²) in [6.07, 6.45) is 6.23. The number of hydrogen-bond acceptors (Lipinski definition) is 3. The Balaban J connectivity index is 1.61.